The zero-order valence-electron chi connectivity index (χ0n) is 12.7. The van der Waals surface area contributed by atoms with Gasteiger partial charge in [0.25, 0.3) is 0 Å². The SMILES string of the molecule is CCCCCCCCCC1CC(=O)NC12CCC(=O)N2. The predicted molar refractivity (Wildman–Crippen MR) is 79.0 cm³/mol. The third-order valence-corrected chi connectivity index (χ3v) is 4.76. The number of nitrogens with one attached hydrogen (secondary N) is 2. The summed E-state index contributed by atoms with van der Waals surface area (Å²) in [6.45, 7) is 2.24. The van der Waals surface area contributed by atoms with Gasteiger partial charge in [0.2, 0.25) is 11.8 Å². The molecule has 4 heteroatoms. The van der Waals surface area contributed by atoms with Gasteiger partial charge in [-0.25, -0.2) is 0 Å². The molecule has 0 aliphatic carbocycles. The van der Waals surface area contributed by atoms with Gasteiger partial charge in [-0.05, 0) is 12.8 Å². The van der Waals surface area contributed by atoms with E-state index in [2.05, 4.69) is 17.6 Å². The molecule has 20 heavy (non-hydrogen) atoms. The zero-order valence-corrected chi connectivity index (χ0v) is 12.7. The first-order chi connectivity index (χ1) is 9.66. The summed E-state index contributed by atoms with van der Waals surface area (Å²) in [4.78, 5) is 23.1. The molecule has 2 heterocycles. The van der Waals surface area contributed by atoms with Crippen molar-refractivity contribution >= 4 is 11.8 Å². The molecule has 2 aliphatic heterocycles. The van der Waals surface area contributed by atoms with Crippen molar-refractivity contribution in [2.24, 2.45) is 5.92 Å². The Morgan fingerprint density at radius 1 is 1.00 bits per heavy atom. The molecule has 0 aromatic carbocycles. The molecule has 2 rings (SSSR count). The van der Waals surface area contributed by atoms with Crippen LogP contribution in [-0.2, 0) is 9.59 Å². The second-order valence-corrected chi connectivity index (χ2v) is 6.38. The predicted octanol–water partition coefficient (Wildman–Crippen LogP) is 2.87. The maximum atomic E-state index is 11.7. The Morgan fingerprint density at radius 2 is 1.65 bits per heavy atom. The Labute approximate surface area is 122 Å². The van der Waals surface area contributed by atoms with Crippen LogP contribution in [0.15, 0.2) is 0 Å². The fourth-order valence-corrected chi connectivity index (χ4v) is 3.58. The molecule has 2 saturated heterocycles. The van der Waals surface area contributed by atoms with Crippen molar-refractivity contribution in [3.8, 4) is 0 Å². The Bertz CT molecular complexity index is 352. The average molecular weight is 280 g/mol. The van der Waals surface area contributed by atoms with Gasteiger partial charge in [-0.3, -0.25) is 9.59 Å². The summed E-state index contributed by atoms with van der Waals surface area (Å²) in [5.41, 5.74) is -0.406. The number of hydrogen-bond donors (Lipinski definition) is 2. The molecular weight excluding hydrogens is 252 g/mol. The summed E-state index contributed by atoms with van der Waals surface area (Å²) in [5, 5.41) is 6.02. The molecule has 0 bridgehead atoms. The van der Waals surface area contributed by atoms with Gasteiger partial charge >= 0.3 is 0 Å². The number of carbonyl (C=O) groups excluding carboxylic acids is 2. The lowest BCUT2D eigenvalue weighted by molar-refractivity contribution is -0.120. The smallest absolute Gasteiger partial charge is 0.222 e. The summed E-state index contributed by atoms with van der Waals surface area (Å²) in [7, 11) is 0. The summed E-state index contributed by atoms with van der Waals surface area (Å²) >= 11 is 0. The van der Waals surface area contributed by atoms with E-state index in [4.69, 9.17) is 0 Å². The van der Waals surface area contributed by atoms with Crippen molar-refractivity contribution in [2.45, 2.75) is 83.2 Å². The van der Waals surface area contributed by atoms with E-state index in [1.165, 1.54) is 44.9 Å². The lowest BCUT2D eigenvalue weighted by Gasteiger charge is -2.30. The van der Waals surface area contributed by atoms with Crippen LogP contribution in [0.3, 0.4) is 0 Å². The first-order valence-corrected chi connectivity index (χ1v) is 8.28. The van der Waals surface area contributed by atoms with Crippen LogP contribution in [0.2, 0.25) is 0 Å². The quantitative estimate of drug-likeness (QED) is 0.672. The summed E-state index contributed by atoms with van der Waals surface area (Å²) in [6.07, 6.45) is 12.0. The Kier molecular flexibility index (Phi) is 5.44. The molecule has 0 saturated carbocycles. The van der Waals surface area contributed by atoms with Gasteiger partial charge in [0.05, 0.1) is 0 Å². The Hall–Kier alpha value is -1.06. The van der Waals surface area contributed by atoms with Crippen LogP contribution >= 0.6 is 0 Å². The number of rotatable bonds is 8. The molecule has 4 nitrogen and oxygen atoms in total. The maximum absolute atomic E-state index is 11.7. The molecule has 0 radical (unpaired) electrons. The highest BCUT2D eigenvalue weighted by Gasteiger charge is 2.50. The summed E-state index contributed by atoms with van der Waals surface area (Å²) in [6, 6.07) is 0. The fraction of sp³-hybridized carbons (Fsp3) is 0.875. The molecule has 2 atom stereocenters. The molecule has 2 aliphatic rings. The first-order valence-electron chi connectivity index (χ1n) is 8.28. The highest BCUT2D eigenvalue weighted by molar-refractivity contribution is 5.85. The zero-order chi connectivity index (χ0) is 14.4. The van der Waals surface area contributed by atoms with Crippen LogP contribution in [0, 0.1) is 5.92 Å². The Morgan fingerprint density at radius 3 is 2.30 bits per heavy atom. The maximum Gasteiger partial charge on any atom is 0.222 e. The second-order valence-electron chi connectivity index (χ2n) is 6.38. The monoisotopic (exact) mass is 280 g/mol. The third kappa shape index (κ3) is 3.74. The van der Waals surface area contributed by atoms with E-state index in [0.717, 1.165) is 12.8 Å². The van der Waals surface area contributed by atoms with E-state index in [-0.39, 0.29) is 17.7 Å². The van der Waals surface area contributed by atoms with Gasteiger partial charge in [-0.15, -0.1) is 0 Å². The standard InChI is InChI=1S/C16H28N2O2/c1-2-3-4-5-6-7-8-9-13-12-15(20)18-16(13)11-10-14(19)17-16/h13H,2-12H2,1H3,(H,17,19)(H,18,20). The molecule has 114 valence electrons. The molecule has 1 spiro atoms. The highest BCUT2D eigenvalue weighted by atomic mass is 16.2. The minimum Gasteiger partial charge on any atom is -0.333 e. The normalized spacial score (nSPS) is 28.9. The lowest BCUT2D eigenvalue weighted by Crippen LogP contribution is -2.54. The number of hydrogen-bond acceptors (Lipinski definition) is 2. The van der Waals surface area contributed by atoms with Gasteiger partial charge in [0.15, 0.2) is 0 Å². The second kappa shape index (κ2) is 7.09. The van der Waals surface area contributed by atoms with Crippen molar-refractivity contribution in [1.82, 2.24) is 10.6 Å². The Balaban J connectivity index is 1.69. The molecule has 2 amide bonds. The van der Waals surface area contributed by atoms with Crippen LogP contribution in [0.4, 0.5) is 0 Å². The van der Waals surface area contributed by atoms with Crippen molar-refractivity contribution in [3.63, 3.8) is 0 Å². The van der Waals surface area contributed by atoms with E-state index in [9.17, 15) is 9.59 Å². The lowest BCUT2D eigenvalue weighted by atomic mass is 9.87. The third-order valence-electron chi connectivity index (χ3n) is 4.76. The van der Waals surface area contributed by atoms with E-state index in [0.29, 0.717) is 12.8 Å². The van der Waals surface area contributed by atoms with E-state index >= 15 is 0 Å². The molecule has 2 fully saturated rings. The summed E-state index contributed by atoms with van der Waals surface area (Å²) in [5.74, 6) is 0.467. The van der Waals surface area contributed by atoms with Crippen LogP contribution in [0.5, 0.6) is 0 Å². The van der Waals surface area contributed by atoms with Crippen molar-refractivity contribution in [1.29, 1.82) is 0 Å². The highest BCUT2D eigenvalue weighted by Crippen LogP contribution is 2.36. The molecular formula is C16H28N2O2. The van der Waals surface area contributed by atoms with Crippen molar-refractivity contribution in [3.05, 3.63) is 0 Å². The van der Waals surface area contributed by atoms with Crippen LogP contribution in [0.25, 0.3) is 0 Å². The molecule has 0 aromatic heterocycles. The van der Waals surface area contributed by atoms with Gasteiger partial charge in [0.1, 0.15) is 5.66 Å². The van der Waals surface area contributed by atoms with Crippen molar-refractivity contribution in [2.75, 3.05) is 0 Å². The van der Waals surface area contributed by atoms with Crippen LogP contribution in [0.1, 0.15) is 77.6 Å². The van der Waals surface area contributed by atoms with Gasteiger partial charge < -0.3 is 10.6 Å². The minimum absolute atomic E-state index is 0.0803. The molecule has 2 unspecified atom stereocenters. The fourth-order valence-electron chi connectivity index (χ4n) is 3.58. The summed E-state index contributed by atoms with van der Waals surface area (Å²) < 4.78 is 0. The number of carbonyl (C=O) groups is 2. The van der Waals surface area contributed by atoms with Crippen molar-refractivity contribution < 1.29 is 9.59 Å². The van der Waals surface area contributed by atoms with E-state index in [1.54, 1.807) is 0 Å². The van der Waals surface area contributed by atoms with E-state index < -0.39 is 5.66 Å². The van der Waals surface area contributed by atoms with Crippen LogP contribution in [-0.4, -0.2) is 17.5 Å². The van der Waals surface area contributed by atoms with E-state index in [1.807, 2.05) is 0 Å². The number of unbranched alkanes of at least 4 members (excludes halogenated alkanes) is 6. The van der Waals surface area contributed by atoms with Gasteiger partial charge in [0, 0.05) is 18.8 Å². The van der Waals surface area contributed by atoms with Crippen LogP contribution < -0.4 is 10.6 Å². The molecule has 0 aromatic rings. The number of amides is 2. The van der Waals surface area contributed by atoms with Gasteiger partial charge in [-0.1, -0.05) is 51.9 Å². The molecule has 2 N–H and O–H groups in total. The first kappa shape index (κ1) is 15.3. The largest absolute Gasteiger partial charge is 0.333 e. The van der Waals surface area contributed by atoms with Gasteiger partial charge in [-0.2, -0.15) is 0 Å². The average Bonchev–Trinajstić information content (AvgIpc) is 2.92. The minimum atomic E-state index is -0.406. The topological polar surface area (TPSA) is 58.2 Å².